The van der Waals surface area contributed by atoms with Crippen LogP contribution in [0.5, 0.6) is 17.2 Å². The molecule has 1 atom stereocenters. The van der Waals surface area contributed by atoms with Gasteiger partial charge in [-0.15, -0.1) is 0 Å². The first-order chi connectivity index (χ1) is 12.5. The van der Waals surface area contributed by atoms with Gasteiger partial charge in [-0.2, -0.15) is 5.10 Å². The third-order valence-electron chi connectivity index (χ3n) is 4.34. The van der Waals surface area contributed by atoms with Gasteiger partial charge in [-0.3, -0.25) is 9.59 Å². The number of hydrogen-bond acceptors (Lipinski definition) is 6. The second-order valence-electron chi connectivity index (χ2n) is 5.98. The van der Waals surface area contributed by atoms with Gasteiger partial charge in [0.25, 0.3) is 11.5 Å². The van der Waals surface area contributed by atoms with Crippen molar-refractivity contribution in [3.05, 3.63) is 40.3 Å². The van der Waals surface area contributed by atoms with Gasteiger partial charge >= 0.3 is 0 Å². The van der Waals surface area contributed by atoms with Crippen LogP contribution < -0.4 is 24.7 Å². The summed E-state index contributed by atoms with van der Waals surface area (Å²) < 4.78 is 17.3. The molecule has 8 nitrogen and oxygen atoms in total. The summed E-state index contributed by atoms with van der Waals surface area (Å²) in [7, 11) is 4.69. The zero-order valence-corrected chi connectivity index (χ0v) is 15.2. The molecule has 0 spiro atoms. The molecule has 1 aromatic carbocycles. The molecule has 1 aliphatic rings. The minimum atomic E-state index is -0.665. The number of amides is 1. The fourth-order valence-corrected chi connectivity index (χ4v) is 2.92. The second-order valence-corrected chi connectivity index (χ2v) is 5.98. The smallest absolute Gasteiger partial charge is 0.294 e. The van der Waals surface area contributed by atoms with Crippen LogP contribution in [-0.4, -0.2) is 42.6 Å². The van der Waals surface area contributed by atoms with Gasteiger partial charge in [0.1, 0.15) is 0 Å². The van der Waals surface area contributed by atoms with E-state index in [2.05, 4.69) is 5.10 Å². The molecule has 2 heterocycles. The molecule has 0 N–H and O–H groups in total. The van der Waals surface area contributed by atoms with Gasteiger partial charge in [-0.1, -0.05) is 6.07 Å². The lowest BCUT2D eigenvalue weighted by atomic mass is 10.1. The maximum absolute atomic E-state index is 12.6. The van der Waals surface area contributed by atoms with Crippen molar-refractivity contribution in [3.8, 4) is 17.2 Å². The number of hydrogen-bond donors (Lipinski definition) is 0. The van der Waals surface area contributed by atoms with Crippen LogP contribution >= 0.6 is 0 Å². The largest absolute Gasteiger partial charge is 0.493 e. The van der Waals surface area contributed by atoms with E-state index in [9.17, 15) is 9.59 Å². The molecule has 0 saturated carbocycles. The number of anilines is 1. The Kier molecular flexibility index (Phi) is 4.83. The molecule has 0 saturated heterocycles. The molecule has 26 heavy (non-hydrogen) atoms. The van der Waals surface area contributed by atoms with Crippen molar-refractivity contribution < 1.29 is 19.0 Å². The minimum absolute atomic E-state index is 0.228. The first-order valence-electron chi connectivity index (χ1n) is 8.21. The predicted molar refractivity (Wildman–Crippen MR) is 95.2 cm³/mol. The maximum atomic E-state index is 12.6. The van der Waals surface area contributed by atoms with Gasteiger partial charge in [-0.05, 0) is 31.0 Å². The van der Waals surface area contributed by atoms with Crippen LogP contribution in [0.25, 0.3) is 0 Å². The minimum Gasteiger partial charge on any atom is -0.493 e. The Hall–Kier alpha value is -3.03. The van der Waals surface area contributed by atoms with E-state index in [4.69, 9.17) is 14.2 Å². The Bertz CT molecular complexity index is 893. The highest BCUT2D eigenvalue weighted by molar-refractivity contribution is 5.99. The molecule has 0 radical (unpaired) electrons. The van der Waals surface area contributed by atoms with E-state index in [1.54, 1.807) is 21.1 Å². The molecule has 1 aliphatic heterocycles. The number of rotatable bonds is 5. The van der Waals surface area contributed by atoms with E-state index in [0.29, 0.717) is 30.2 Å². The highest BCUT2D eigenvalue weighted by atomic mass is 16.5. The van der Waals surface area contributed by atoms with Crippen LogP contribution in [0.3, 0.4) is 0 Å². The van der Waals surface area contributed by atoms with Crippen LogP contribution in [0.15, 0.2) is 29.2 Å². The van der Waals surface area contributed by atoms with Crippen LogP contribution in [0, 0.1) is 0 Å². The Labute approximate surface area is 150 Å². The number of nitrogens with zero attached hydrogens (tertiary/aromatic N) is 3. The molecule has 138 valence electrons. The summed E-state index contributed by atoms with van der Waals surface area (Å²) in [5.74, 6) is 1.33. The van der Waals surface area contributed by atoms with Crippen molar-refractivity contribution in [2.24, 2.45) is 7.05 Å². The average Bonchev–Trinajstić information content (AvgIpc) is 2.65. The normalized spacial score (nSPS) is 16.1. The average molecular weight is 359 g/mol. The van der Waals surface area contributed by atoms with E-state index >= 15 is 0 Å². The monoisotopic (exact) mass is 359 g/mol. The molecule has 0 fully saturated rings. The van der Waals surface area contributed by atoms with E-state index in [1.807, 2.05) is 18.2 Å². The fourth-order valence-electron chi connectivity index (χ4n) is 2.92. The zero-order chi connectivity index (χ0) is 18.8. The lowest BCUT2D eigenvalue weighted by molar-refractivity contribution is -0.125. The molecule has 1 aromatic heterocycles. The maximum Gasteiger partial charge on any atom is 0.294 e. The summed E-state index contributed by atoms with van der Waals surface area (Å²) in [6.07, 6.45) is 1.34. The number of aryl methyl sites for hydroxylation is 1. The van der Waals surface area contributed by atoms with Gasteiger partial charge in [0.05, 0.1) is 20.4 Å². The molecule has 1 amide bonds. The molecule has 8 heteroatoms. The number of ether oxygens (including phenoxy) is 3. The molecule has 3 rings (SSSR count). The Balaban J connectivity index is 1.89. The topological polar surface area (TPSA) is 82.9 Å². The molecule has 1 unspecified atom stereocenters. The number of fused-ring (bicyclic) bond motifs is 1. The van der Waals surface area contributed by atoms with Gasteiger partial charge in [0.15, 0.2) is 29.0 Å². The van der Waals surface area contributed by atoms with E-state index < -0.39 is 6.10 Å². The van der Waals surface area contributed by atoms with Crippen LogP contribution in [-0.2, 0) is 18.3 Å². The summed E-state index contributed by atoms with van der Waals surface area (Å²) in [6.45, 7) is 2.00. The zero-order valence-electron chi connectivity index (χ0n) is 15.2. The first-order valence-corrected chi connectivity index (χ1v) is 8.21. The lowest BCUT2D eigenvalue weighted by Gasteiger charge is -2.32. The second kappa shape index (κ2) is 7.07. The number of aromatic nitrogens is 2. The summed E-state index contributed by atoms with van der Waals surface area (Å²) in [5, 5.41) is 3.96. The standard InChI is InChI=1S/C18H21N3O5/c1-11-17(22)21(16-15(26-11)10-19-20(2)18(16)23)8-7-12-5-6-13(24-3)14(9-12)25-4/h5-6,9-11H,7-8H2,1-4H3. The third-order valence-corrected chi connectivity index (χ3v) is 4.34. The van der Waals surface area contributed by atoms with Crippen molar-refractivity contribution in [1.82, 2.24) is 9.78 Å². The quantitative estimate of drug-likeness (QED) is 0.797. The van der Waals surface area contributed by atoms with Gasteiger partial charge in [-0.25, -0.2) is 4.68 Å². The van der Waals surface area contributed by atoms with Crippen molar-refractivity contribution in [3.63, 3.8) is 0 Å². The van der Waals surface area contributed by atoms with Gasteiger partial charge in [0, 0.05) is 13.6 Å². The van der Waals surface area contributed by atoms with Crippen LogP contribution in [0.4, 0.5) is 5.69 Å². The van der Waals surface area contributed by atoms with Crippen molar-refractivity contribution in [1.29, 1.82) is 0 Å². The van der Waals surface area contributed by atoms with E-state index in [0.717, 1.165) is 5.56 Å². The Morgan fingerprint density at radius 2 is 1.92 bits per heavy atom. The number of carbonyl (C=O) groups excluding carboxylic acids is 1. The fraction of sp³-hybridized carbons (Fsp3) is 0.389. The lowest BCUT2D eigenvalue weighted by Crippen LogP contribution is -2.48. The summed E-state index contributed by atoms with van der Waals surface area (Å²) in [4.78, 5) is 26.5. The van der Waals surface area contributed by atoms with Crippen LogP contribution in [0.2, 0.25) is 0 Å². The SMILES string of the molecule is COc1ccc(CCN2C(=O)C(C)Oc3cnn(C)c(=O)c32)cc1OC. The molecule has 2 aromatic rings. The third kappa shape index (κ3) is 3.10. The predicted octanol–water partition coefficient (Wildman–Crippen LogP) is 1.15. The van der Waals surface area contributed by atoms with Crippen molar-refractivity contribution >= 4 is 11.6 Å². The van der Waals surface area contributed by atoms with Gasteiger partial charge in [0.2, 0.25) is 0 Å². The van der Waals surface area contributed by atoms with Crippen LogP contribution in [0.1, 0.15) is 12.5 Å². The molecular formula is C18H21N3O5. The van der Waals surface area contributed by atoms with Crippen molar-refractivity contribution in [2.45, 2.75) is 19.4 Å². The Morgan fingerprint density at radius 3 is 2.62 bits per heavy atom. The summed E-state index contributed by atoms with van der Waals surface area (Å²) in [5.41, 5.74) is 0.822. The highest BCUT2D eigenvalue weighted by Gasteiger charge is 2.34. The number of carbonyl (C=O) groups is 1. The molecule has 0 bridgehead atoms. The molecule has 0 aliphatic carbocycles. The molecular weight excluding hydrogens is 338 g/mol. The summed E-state index contributed by atoms with van der Waals surface area (Å²) in [6, 6.07) is 5.58. The number of benzene rings is 1. The van der Waals surface area contributed by atoms with E-state index in [1.165, 1.54) is 22.8 Å². The van der Waals surface area contributed by atoms with Gasteiger partial charge < -0.3 is 19.1 Å². The summed E-state index contributed by atoms with van der Waals surface area (Å²) >= 11 is 0. The van der Waals surface area contributed by atoms with Crippen molar-refractivity contribution in [2.75, 3.05) is 25.7 Å². The highest BCUT2D eigenvalue weighted by Crippen LogP contribution is 2.31. The first kappa shape index (κ1) is 17.8. The van der Waals surface area contributed by atoms with E-state index in [-0.39, 0.29) is 17.2 Å². The number of methoxy groups -OCH3 is 2. The Morgan fingerprint density at radius 1 is 1.19 bits per heavy atom.